The van der Waals surface area contributed by atoms with Crippen LogP contribution in [-0.4, -0.2) is 8.42 Å². The van der Waals surface area contributed by atoms with E-state index < -0.39 is 21.6 Å². The molecule has 4 aromatic carbocycles. The predicted octanol–water partition coefficient (Wildman–Crippen LogP) is 6.45. The fourth-order valence-electron chi connectivity index (χ4n) is 3.07. The van der Waals surface area contributed by atoms with Crippen LogP contribution in [0.2, 0.25) is 0 Å². The molecule has 31 heavy (non-hydrogen) atoms. The van der Waals surface area contributed by atoms with Crippen molar-refractivity contribution < 1.29 is 8.42 Å². The summed E-state index contributed by atoms with van der Waals surface area (Å²) >= 11 is 1.64. The third-order valence-corrected chi connectivity index (χ3v) is 8.49. The number of hydrogen-bond acceptors (Lipinski definition) is 3. The molecule has 0 saturated heterocycles. The largest absolute Gasteiger partial charge is 0.254 e. The van der Waals surface area contributed by atoms with Crippen LogP contribution in [-0.2, 0) is 33.1 Å². The van der Waals surface area contributed by atoms with E-state index >= 15 is 0 Å². The van der Waals surface area contributed by atoms with Gasteiger partial charge in [0.2, 0.25) is 0 Å². The lowest BCUT2D eigenvalue weighted by Crippen LogP contribution is -1.96. The minimum Gasteiger partial charge on any atom is -0.254 e. The molecule has 0 amide bonds. The third-order valence-electron chi connectivity index (χ3n) is 4.69. The van der Waals surface area contributed by atoms with Crippen LogP contribution in [0.5, 0.6) is 0 Å². The van der Waals surface area contributed by atoms with E-state index in [1.165, 1.54) is 0 Å². The van der Waals surface area contributed by atoms with Gasteiger partial charge in [0.15, 0.2) is 0 Å². The van der Waals surface area contributed by atoms with E-state index in [0.29, 0.717) is 11.5 Å². The highest BCUT2D eigenvalue weighted by Gasteiger charge is 2.08. The summed E-state index contributed by atoms with van der Waals surface area (Å²) in [5, 5.41) is 0. The minimum absolute atomic E-state index is 0.523. The quantitative estimate of drug-likeness (QED) is 0.302. The van der Waals surface area contributed by atoms with Gasteiger partial charge in [0.05, 0.1) is 33.1 Å². The van der Waals surface area contributed by atoms with Crippen LogP contribution < -0.4 is 0 Å². The Kier molecular flexibility index (Phi) is 7.52. The zero-order chi connectivity index (χ0) is 21.5. The zero-order valence-corrected chi connectivity index (χ0v) is 19.3. The van der Waals surface area contributed by atoms with E-state index in [4.69, 9.17) is 0 Å². The average Bonchev–Trinajstić information content (AvgIpc) is 2.81. The maximum absolute atomic E-state index is 12.6. The zero-order valence-electron chi connectivity index (χ0n) is 16.8. The molecular weight excluding hydrogens is 440 g/mol. The molecule has 0 aliphatic carbocycles. The Morgan fingerprint density at radius 2 is 0.839 bits per heavy atom. The van der Waals surface area contributed by atoms with Crippen molar-refractivity contribution in [3.8, 4) is 0 Å². The molecule has 0 aromatic heterocycles. The predicted molar refractivity (Wildman–Crippen MR) is 130 cm³/mol. The lowest BCUT2D eigenvalue weighted by atomic mass is 10.2. The van der Waals surface area contributed by atoms with Gasteiger partial charge < -0.3 is 0 Å². The molecule has 0 fully saturated rings. The van der Waals surface area contributed by atoms with Crippen LogP contribution in [0.25, 0.3) is 0 Å². The monoisotopic (exact) mass is 462 g/mol. The molecule has 0 heterocycles. The third kappa shape index (κ3) is 6.26. The van der Waals surface area contributed by atoms with Crippen LogP contribution in [0.15, 0.2) is 129 Å². The first-order chi connectivity index (χ1) is 15.2. The van der Waals surface area contributed by atoms with Crippen LogP contribution >= 0.6 is 11.8 Å². The number of hydrogen-bond donors (Lipinski definition) is 0. The Morgan fingerprint density at radius 1 is 0.484 bits per heavy atom. The maximum atomic E-state index is 12.6. The number of rotatable bonds is 8. The van der Waals surface area contributed by atoms with E-state index in [9.17, 15) is 8.42 Å². The summed E-state index contributed by atoms with van der Waals surface area (Å²) in [6, 6.07) is 35.5. The summed E-state index contributed by atoms with van der Waals surface area (Å²) in [6.45, 7) is 0. The Bertz CT molecular complexity index is 1060. The van der Waals surface area contributed by atoms with Crippen molar-refractivity contribution in [1.82, 2.24) is 0 Å². The standard InChI is InChI=1S/C26H22O2S3/c27-30(19-21-7-3-1-4-8-21)25-15-11-23(12-16-25)29-24-13-17-26(18-14-24)31(28)20-22-9-5-2-6-10-22/h1-18H,19-20H2. The van der Waals surface area contributed by atoms with Crippen LogP contribution in [0, 0.1) is 0 Å². The highest BCUT2D eigenvalue weighted by atomic mass is 32.2. The molecule has 2 nitrogen and oxygen atoms in total. The fraction of sp³-hybridized carbons (Fsp3) is 0.0769. The summed E-state index contributed by atoms with van der Waals surface area (Å²) in [7, 11) is -2.12. The van der Waals surface area contributed by atoms with Crippen molar-refractivity contribution in [3.63, 3.8) is 0 Å². The van der Waals surface area contributed by atoms with Gasteiger partial charge in [-0.3, -0.25) is 8.42 Å². The molecule has 156 valence electrons. The molecule has 4 rings (SSSR count). The molecule has 0 N–H and O–H groups in total. The van der Waals surface area contributed by atoms with Crippen molar-refractivity contribution in [3.05, 3.63) is 120 Å². The molecule has 4 aromatic rings. The lowest BCUT2D eigenvalue weighted by molar-refractivity contribution is 0.681. The highest BCUT2D eigenvalue weighted by Crippen LogP contribution is 2.29. The van der Waals surface area contributed by atoms with Crippen molar-refractivity contribution >= 4 is 33.4 Å². The van der Waals surface area contributed by atoms with Gasteiger partial charge in [-0.2, -0.15) is 0 Å². The summed E-state index contributed by atoms with van der Waals surface area (Å²) in [5.74, 6) is 1.05. The second kappa shape index (κ2) is 10.7. The fourth-order valence-corrected chi connectivity index (χ4v) is 6.09. The molecular formula is C26H22O2S3. The first-order valence-electron chi connectivity index (χ1n) is 9.90. The van der Waals surface area contributed by atoms with E-state index in [1.54, 1.807) is 11.8 Å². The first kappa shape index (κ1) is 21.8. The van der Waals surface area contributed by atoms with Gasteiger partial charge in [0.1, 0.15) is 0 Å². The van der Waals surface area contributed by atoms with E-state index in [1.807, 2.05) is 109 Å². The van der Waals surface area contributed by atoms with Crippen molar-refractivity contribution in [1.29, 1.82) is 0 Å². The molecule has 5 heteroatoms. The van der Waals surface area contributed by atoms with Gasteiger partial charge in [-0.1, -0.05) is 72.4 Å². The van der Waals surface area contributed by atoms with E-state index in [0.717, 1.165) is 30.7 Å². The average molecular weight is 463 g/mol. The summed E-state index contributed by atoms with van der Waals surface area (Å²) in [6.07, 6.45) is 0. The molecule has 0 aliphatic heterocycles. The lowest BCUT2D eigenvalue weighted by Gasteiger charge is -2.07. The van der Waals surface area contributed by atoms with Gasteiger partial charge in [0.25, 0.3) is 0 Å². The maximum Gasteiger partial charge on any atom is 0.0574 e. The first-order valence-corrected chi connectivity index (χ1v) is 13.4. The van der Waals surface area contributed by atoms with Crippen molar-refractivity contribution in [2.45, 2.75) is 31.1 Å². The molecule has 2 atom stereocenters. The molecule has 0 aliphatic rings. The summed E-state index contributed by atoms with van der Waals surface area (Å²) in [5.41, 5.74) is 2.15. The summed E-state index contributed by atoms with van der Waals surface area (Å²) in [4.78, 5) is 3.83. The second-order valence-corrected chi connectivity index (χ2v) is 11.0. The Balaban J connectivity index is 1.36. The molecule has 0 bridgehead atoms. The molecule has 0 spiro atoms. The van der Waals surface area contributed by atoms with E-state index in [-0.39, 0.29) is 0 Å². The van der Waals surface area contributed by atoms with Crippen molar-refractivity contribution in [2.24, 2.45) is 0 Å². The van der Waals surface area contributed by atoms with Gasteiger partial charge in [-0.05, 0) is 59.7 Å². The topological polar surface area (TPSA) is 34.1 Å². The normalized spacial score (nSPS) is 12.9. The van der Waals surface area contributed by atoms with E-state index in [2.05, 4.69) is 0 Å². The van der Waals surface area contributed by atoms with Gasteiger partial charge in [-0.15, -0.1) is 0 Å². The van der Waals surface area contributed by atoms with Crippen LogP contribution in [0.1, 0.15) is 11.1 Å². The van der Waals surface area contributed by atoms with Gasteiger partial charge >= 0.3 is 0 Å². The molecule has 2 unspecified atom stereocenters. The molecule has 0 saturated carbocycles. The van der Waals surface area contributed by atoms with Gasteiger partial charge in [-0.25, -0.2) is 0 Å². The van der Waals surface area contributed by atoms with Crippen LogP contribution in [0.3, 0.4) is 0 Å². The highest BCUT2D eigenvalue weighted by molar-refractivity contribution is 7.99. The Hall–Kier alpha value is -2.47. The SMILES string of the molecule is O=S(Cc1ccccc1)c1ccc(Sc2ccc(S(=O)Cc3ccccc3)cc2)cc1. The van der Waals surface area contributed by atoms with Crippen molar-refractivity contribution in [2.75, 3.05) is 0 Å². The molecule has 0 radical (unpaired) electrons. The smallest absolute Gasteiger partial charge is 0.0574 e. The van der Waals surface area contributed by atoms with Crippen LogP contribution in [0.4, 0.5) is 0 Å². The summed E-state index contributed by atoms with van der Waals surface area (Å²) < 4.78 is 25.2. The second-order valence-electron chi connectivity index (χ2n) is 7.00. The van der Waals surface area contributed by atoms with Gasteiger partial charge in [0, 0.05) is 19.6 Å². The minimum atomic E-state index is -1.06. The number of benzene rings is 4. The Morgan fingerprint density at radius 3 is 1.19 bits per heavy atom. The Labute approximate surface area is 192 Å².